The predicted molar refractivity (Wildman–Crippen MR) is 80.9 cm³/mol. The average Bonchev–Trinajstić information content (AvgIpc) is 2.48. The van der Waals surface area contributed by atoms with Crippen molar-refractivity contribution in [3.8, 4) is 0 Å². The van der Waals surface area contributed by atoms with Crippen molar-refractivity contribution in [1.82, 2.24) is 15.0 Å². The van der Waals surface area contributed by atoms with E-state index in [0.29, 0.717) is 22.5 Å². The Hall–Kier alpha value is -3.02. The molecule has 6 nitrogen and oxygen atoms in total. The topological polar surface area (TPSA) is 93.8 Å². The molecule has 0 radical (unpaired) electrons. The summed E-state index contributed by atoms with van der Waals surface area (Å²) in [5.74, 6) is 0.191. The molecule has 21 heavy (non-hydrogen) atoms. The lowest BCUT2D eigenvalue weighted by Crippen LogP contribution is -2.14. The lowest BCUT2D eigenvalue weighted by atomic mass is 10.1. The third kappa shape index (κ3) is 2.64. The summed E-state index contributed by atoms with van der Waals surface area (Å²) in [7, 11) is 0. The van der Waals surface area contributed by atoms with Gasteiger partial charge in [-0.1, -0.05) is 0 Å². The van der Waals surface area contributed by atoms with Crippen molar-refractivity contribution in [2.24, 2.45) is 0 Å². The van der Waals surface area contributed by atoms with Crippen molar-refractivity contribution in [1.29, 1.82) is 0 Å². The van der Waals surface area contributed by atoms with E-state index in [-0.39, 0.29) is 5.91 Å². The largest absolute Gasteiger partial charge is 0.399 e. The standard InChI is InChI=1S/C15H13N5O/c1-9-6-12(11-7-10(16)2-3-13(11)19-9)15(21)20-14-4-5-17-8-18-14/h2-8H,16H2,1H3,(H,17,18,20,21). The minimum Gasteiger partial charge on any atom is -0.399 e. The SMILES string of the molecule is Cc1cc(C(=O)Nc2ccncn2)c2cc(N)ccc2n1. The quantitative estimate of drug-likeness (QED) is 0.701. The van der Waals surface area contributed by atoms with Gasteiger partial charge in [0.15, 0.2) is 0 Å². The van der Waals surface area contributed by atoms with Crippen LogP contribution in [0.25, 0.3) is 10.9 Å². The van der Waals surface area contributed by atoms with E-state index < -0.39 is 0 Å². The Morgan fingerprint density at radius 1 is 1.24 bits per heavy atom. The van der Waals surface area contributed by atoms with Crippen LogP contribution >= 0.6 is 0 Å². The highest BCUT2D eigenvalue weighted by atomic mass is 16.1. The van der Waals surface area contributed by atoms with Gasteiger partial charge in [-0.25, -0.2) is 9.97 Å². The second-order valence-electron chi connectivity index (χ2n) is 4.64. The first-order valence-corrected chi connectivity index (χ1v) is 6.38. The summed E-state index contributed by atoms with van der Waals surface area (Å²) in [5.41, 5.74) is 8.41. The number of nitrogen functional groups attached to an aromatic ring is 1. The Kier molecular flexibility index (Phi) is 3.19. The zero-order valence-electron chi connectivity index (χ0n) is 11.4. The van der Waals surface area contributed by atoms with Crippen LogP contribution in [0.15, 0.2) is 42.9 Å². The van der Waals surface area contributed by atoms with E-state index in [1.165, 1.54) is 6.33 Å². The minimum atomic E-state index is -0.255. The maximum Gasteiger partial charge on any atom is 0.257 e. The molecule has 0 bridgehead atoms. The molecule has 0 atom stereocenters. The van der Waals surface area contributed by atoms with Gasteiger partial charge in [0.1, 0.15) is 12.1 Å². The number of carbonyl (C=O) groups excluding carboxylic acids is 1. The number of nitrogens with two attached hydrogens (primary N) is 1. The highest BCUT2D eigenvalue weighted by Crippen LogP contribution is 2.22. The fourth-order valence-corrected chi connectivity index (χ4v) is 2.11. The van der Waals surface area contributed by atoms with Crippen molar-refractivity contribution in [2.75, 3.05) is 11.1 Å². The first-order chi connectivity index (χ1) is 10.1. The van der Waals surface area contributed by atoms with Crippen LogP contribution < -0.4 is 11.1 Å². The Balaban J connectivity index is 2.06. The summed E-state index contributed by atoms with van der Waals surface area (Å²) in [5, 5.41) is 3.45. The first-order valence-electron chi connectivity index (χ1n) is 6.38. The number of amides is 1. The third-order valence-corrected chi connectivity index (χ3v) is 3.03. The van der Waals surface area contributed by atoms with E-state index in [2.05, 4.69) is 20.3 Å². The Labute approximate surface area is 121 Å². The number of rotatable bonds is 2. The fourth-order valence-electron chi connectivity index (χ4n) is 2.11. The Morgan fingerprint density at radius 3 is 2.86 bits per heavy atom. The number of aryl methyl sites for hydroxylation is 1. The van der Waals surface area contributed by atoms with Crippen LogP contribution in [0.5, 0.6) is 0 Å². The molecule has 104 valence electrons. The number of anilines is 2. The minimum absolute atomic E-state index is 0.255. The molecule has 2 aromatic heterocycles. The summed E-state index contributed by atoms with van der Waals surface area (Å²) in [6.07, 6.45) is 2.94. The molecule has 0 saturated heterocycles. The van der Waals surface area contributed by atoms with Crippen LogP contribution in [0.1, 0.15) is 16.1 Å². The maximum atomic E-state index is 12.5. The van der Waals surface area contributed by atoms with E-state index in [9.17, 15) is 4.79 Å². The van der Waals surface area contributed by atoms with Gasteiger partial charge in [-0.2, -0.15) is 0 Å². The lowest BCUT2D eigenvalue weighted by Gasteiger charge is -2.09. The van der Waals surface area contributed by atoms with Crippen LogP contribution in [0.2, 0.25) is 0 Å². The molecule has 3 N–H and O–H groups in total. The van der Waals surface area contributed by atoms with Crippen molar-refractivity contribution in [2.45, 2.75) is 6.92 Å². The fraction of sp³-hybridized carbons (Fsp3) is 0.0667. The average molecular weight is 279 g/mol. The van der Waals surface area contributed by atoms with Gasteiger partial charge in [-0.3, -0.25) is 9.78 Å². The maximum absolute atomic E-state index is 12.5. The van der Waals surface area contributed by atoms with Gasteiger partial charge in [0, 0.05) is 23.0 Å². The normalized spacial score (nSPS) is 10.5. The molecule has 0 spiro atoms. The van der Waals surface area contributed by atoms with Crippen LogP contribution in [0.4, 0.5) is 11.5 Å². The summed E-state index contributed by atoms with van der Waals surface area (Å²) in [6, 6.07) is 8.68. The molecular formula is C15H13N5O. The zero-order valence-corrected chi connectivity index (χ0v) is 11.4. The molecule has 0 aliphatic heterocycles. The second-order valence-corrected chi connectivity index (χ2v) is 4.64. The Morgan fingerprint density at radius 2 is 2.10 bits per heavy atom. The molecule has 3 aromatic rings. The van der Waals surface area contributed by atoms with Crippen LogP contribution in [-0.2, 0) is 0 Å². The number of hydrogen-bond acceptors (Lipinski definition) is 5. The number of nitrogens with zero attached hydrogens (tertiary/aromatic N) is 3. The molecule has 0 fully saturated rings. The van der Waals surface area contributed by atoms with E-state index in [4.69, 9.17) is 5.73 Å². The summed E-state index contributed by atoms with van der Waals surface area (Å²) in [6.45, 7) is 1.84. The summed E-state index contributed by atoms with van der Waals surface area (Å²) >= 11 is 0. The molecule has 3 rings (SSSR count). The van der Waals surface area contributed by atoms with Gasteiger partial charge in [0.25, 0.3) is 5.91 Å². The molecule has 1 amide bonds. The highest BCUT2D eigenvalue weighted by molar-refractivity contribution is 6.12. The number of benzene rings is 1. The van der Waals surface area contributed by atoms with E-state index in [1.807, 2.05) is 6.92 Å². The molecule has 0 saturated carbocycles. The molecule has 1 aromatic carbocycles. The monoisotopic (exact) mass is 279 g/mol. The van der Waals surface area contributed by atoms with E-state index in [0.717, 1.165) is 11.2 Å². The summed E-state index contributed by atoms with van der Waals surface area (Å²) in [4.78, 5) is 24.7. The molecule has 6 heteroatoms. The van der Waals surface area contributed by atoms with Gasteiger partial charge < -0.3 is 11.1 Å². The number of nitrogens with one attached hydrogen (secondary N) is 1. The molecule has 0 aliphatic carbocycles. The first kappa shape index (κ1) is 13.0. The van der Waals surface area contributed by atoms with Gasteiger partial charge in [-0.15, -0.1) is 0 Å². The van der Waals surface area contributed by atoms with Gasteiger partial charge in [0.05, 0.1) is 11.1 Å². The van der Waals surface area contributed by atoms with Crippen molar-refractivity contribution < 1.29 is 4.79 Å². The summed E-state index contributed by atoms with van der Waals surface area (Å²) < 4.78 is 0. The second kappa shape index (κ2) is 5.16. The van der Waals surface area contributed by atoms with E-state index >= 15 is 0 Å². The van der Waals surface area contributed by atoms with E-state index in [1.54, 1.807) is 36.5 Å². The van der Waals surface area contributed by atoms with Crippen LogP contribution in [-0.4, -0.2) is 20.9 Å². The zero-order chi connectivity index (χ0) is 14.8. The van der Waals surface area contributed by atoms with Crippen LogP contribution in [0.3, 0.4) is 0 Å². The number of fused-ring (bicyclic) bond motifs is 1. The predicted octanol–water partition coefficient (Wildman–Crippen LogP) is 2.17. The van der Waals surface area contributed by atoms with Gasteiger partial charge >= 0.3 is 0 Å². The molecule has 2 heterocycles. The number of aromatic nitrogens is 3. The molecule has 0 unspecified atom stereocenters. The molecular weight excluding hydrogens is 266 g/mol. The smallest absolute Gasteiger partial charge is 0.257 e. The highest BCUT2D eigenvalue weighted by Gasteiger charge is 2.13. The molecule has 0 aliphatic rings. The van der Waals surface area contributed by atoms with Crippen molar-refractivity contribution >= 4 is 28.3 Å². The van der Waals surface area contributed by atoms with Crippen LogP contribution in [0, 0.1) is 6.92 Å². The van der Waals surface area contributed by atoms with Crippen molar-refractivity contribution in [3.63, 3.8) is 0 Å². The lowest BCUT2D eigenvalue weighted by molar-refractivity contribution is 0.102. The number of pyridine rings is 1. The number of carbonyl (C=O) groups is 1. The third-order valence-electron chi connectivity index (χ3n) is 3.03. The van der Waals surface area contributed by atoms with Gasteiger partial charge in [-0.05, 0) is 37.3 Å². The van der Waals surface area contributed by atoms with Crippen molar-refractivity contribution in [3.05, 3.63) is 54.1 Å². The Bertz CT molecular complexity index is 817. The van der Waals surface area contributed by atoms with Gasteiger partial charge in [0.2, 0.25) is 0 Å². The number of hydrogen-bond donors (Lipinski definition) is 2.